The predicted molar refractivity (Wildman–Crippen MR) is 29.1 cm³/mol. The fourth-order valence-corrected chi connectivity index (χ4v) is 0.497. The molecule has 0 saturated heterocycles. The number of rotatable bonds is 3. The lowest BCUT2D eigenvalue weighted by Crippen LogP contribution is -2.10. The summed E-state index contributed by atoms with van der Waals surface area (Å²) < 4.78 is 4.14. The van der Waals surface area contributed by atoms with Crippen LogP contribution in [0.4, 0.5) is 0 Å². The maximum atomic E-state index is 9.57. The molecule has 52 valence electrons. The van der Waals surface area contributed by atoms with Crippen LogP contribution in [-0.4, -0.2) is 6.61 Å². The molecule has 4 nitrogen and oxygen atoms in total. The van der Waals surface area contributed by atoms with Gasteiger partial charge in [-0.15, -0.1) is 0 Å². The second-order valence-electron chi connectivity index (χ2n) is 1.06. The third-order valence-corrected chi connectivity index (χ3v) is 0.794. The average Bonchev–Trinajstić information content (AvgIpc) is 1.61. The molecular formula is C3H11NO3P-. The van der Waals surface area contributed by atoms with Gasteiger partial charge in [-0.25, -0.2) is 0 Å². The van der Waals surface area contributed by atoms with E-state index < -0.39 is 8.60 Å². The van der Waals surface area contributed by atoms with Gasteiger partial charge in [0, 0.05) is 6.61 Å². The normalized spacial score (nSPS) is 9.00. The smallest absolute Gasteiger partial charge is 0.0473 e. The summed E-state index contributed by atoms with van der Waals surface area (Å²) in [4.78, 5) is 19.1. The molecule has 0 saturated carbocycles. The van der Waals surface area contributed by atoms with Crippen LogP contribution in [0.1, 0.15) is 13.3 Å². The second-order valence-corrected chi connectivity index (χ2v) is 1.76. The van der Waals surface area contributed by atoms with Crippen molar-refractivity contribution >= 4 is 8.60 Å². The summed E-state index contributed by atoms with van der Waals surface area (Å²) in [5, 5.41) is 0. The molecule has 0 spiro atoms. The summed E-state index contributed by atoms with van der Waals surface area (Å²) in [6.45, 7) is 2.15. The maximum absolute atomic E-state index is 9.57. The minimum atomic E-state index is -2.61. The van der Waals surface area contributed by atoms with Gasteiger partial charge in [-0.05, 0) is 6.42 Å². The van der Waals surface area contributed by atoms with Gasteiger partial charge in [0.25, 0.3) is 0 Å². The Morgan fingerprint density at radius 3 is 2.12 bits per heavy atom. The number of hydrogen-bond donors (Lipinski definition) is 1. The Morgan fingerprint density at radius 2 is 2.00 bits per heavy atom. The van der Waals surface area contributed by atoms with E-state index in [1.807, 2.05) is 6.92 Å². The van der Waals surface area contributed by atoms with Gasteiger partial charge in [-0.1, -0.05) is 6.92 Å². The van der Waals surface area contributed by atoms with Crippen molar-refractivity contribution in [2.75, 3.05) is 6.61 Å². The summed E-state index contributed by atoms with van der Waals surface area (Å²) in [5.41, 5.74) is 0. The summed E-state index contributed by atoms with van der Waals surface area (Å²) in [6, 6.07) is 0. The van der Waals surface area contributed by atoms with Crippen LogP contribution in [0.3, 0.4) is 0 Å². The molecule has 0 aliphatic heterocycles. The zero-order valence-corrected chi connectivity index (χ0v) is 5.98. The molecule has 0 aliphatic rings. The monoisotopic (exact) mass is 140 g/mol. The standard InChI is InChI=1S/C3H7O3P.H3N/c1-2-3-6-7(4)5;/h2-3H2,1H3;1H3/q-2;/p+1. The third-order valence-electron chi connectivity index (χ3n) is 0.401. The topological polar surface area (TPSA) is 91.8 Å². The highest BCUT2D eigenvalue weighted by atomic mass is 31.2. The van der Waals surface area contributed by atoms with Crippen LogP contribution in [0.15, 0.2) is 0 Å². The van der Waals surface area contributed by atoms with Crippen LogP contribution in [0.25, 0.3) is 0 Å². The lowest BCUT2D eigenvalue weighted by molar-refractivity contribution is -0.318. The highest BCUT2D eigenvalue weighted by molar-refractivity contribution is 7.36. The van der Waals surface area contributed by atoms with Gasteiger partial charge in [-0.2, -0.15) is 8.60 Å². The van der Waals surface area contributed by atoms with Gasteiger partial charge in [0.05, 0.1) is 0 Å². The SMILES string of the molecule is CCCOP([O-])[O-].[NH4+]. The zero-order valence-electron chi connectivity index (χ0n) is 5.09. The Bertz CT molecular complexity index is 43.5. The fraction of sp³-hybridized carbons (Fsp3) is 1.00. The largest absolute Gasteiger partial charge is 0.820 e. The zero-order chi connectivity index (χ0) is 5.70. The first-order valence-electron chi connectivity index (χ1n) is 2.04. The van der Waals surface area contributed by atoms with E-state index in [1.165, 1.54) is 0 Å². The number of hydrogen-bond acceptors (Lipinski definition) is 3. The van der Waals surface area contributed by atoms with E-state index in [4.69, 9.17) is 0 Å². The first-order valence-corrected chi connectivity index (χ1v) is 3.14. The van der Waals surface area contributed by atoms with Gasteiger partial charge >= 0.3 is 0 Å². The van der Waals surface area contributed by atoms with E-state index in [0.29, 0.717) is 6.61 Å². The lowest BCUT2D eigenvalue weighted by Gasteiger charge is -2.28. The molecule has 8 heavy (non-hydrogen) atoms. The first kappa shape index (κ1) is 11.1. The van der Waals surface area contributed by atoms with Gasteiger partial charge < -0.3 is 20.5 Å². The minimum Gasteiger partial charge on any atom is -0.820 e. The van der Waals surface area contributed by atoms with E-state index in [2.05, 4.69) is 4.52 Å². The van der Waals surface area contributed by atoms with Crippen LogP contribution >= 0.6 is 8.60 Å². The van der Waals surface area contributed by atoms with E-state index in [0.717, 1.165) is 6.42 Å². The van der Waals surface area contributed by atoms with E-state index in [9.17, 15) is 9.79 Å². The van der Waals surface area contributed by atoms with Crippen molar-refractivity contribution in [3.8, 4) is 0 Å². The van der Waals surface area contributed by atoms with Crippen LogP contribution in [0.5, 0.6) is 0 Å². The van der Waals surface area contributed by atoms with E-state index in [-0.39, 0.29) is 6.15 Å². The summed E-state index contributed by atoms with van der Waals surface area (Å²) in [6.07, 6.45) is 0.739. The molecule has 0 unspecified atom stereocenters. The molecule has 5 heteroatoms. The Balaban J connectivity index is 0. The predicted octanol–water partition coefficient (Wildman–Crippen LogP) is -0.263. The maximum Gasteiger partial charge on any atom is 0.0473 e. The molecule has 0 fully saturated rings. The Kier molecular flexibility index (Phi) is 10.1. The van der Waals surface area contributed by atoms with Crippen LogP contribution in [-0.2, 0) is 4.52 Å². The fourth-order valence-electron chi connectivity index (χ4n) is 0.166. The van der Waals surface area contributed by atoms with Gasteiger partial charge in [-0.3, -0.25) is 0 Å². The summed E-state index contributed by atoms with van der Waals surface area (Å²) in [5.74, 6) is 0. The Morgan fingerprint density at radius 1 is 1.50 bits per heavy atom. The third kappa shape index (κ3) is 9.55. The molecule has 0 bridgehead atoms. The molecule has 4 N–H and O–H groups in total. The molecule has 0 radical (unpaired) electrons. The highest BCUT2D eigenvalue weighted by Crippen LogP contribution is 2.11. The van der Waals surface area contributed by atoms with E-state index in [1.54, 1.807) is 0 Å². The molecule has 0 aromatic carbocycles. The van der Waals surface area contributed by atoms with Crippen molar-refractivity contribution in [2.24, 2.45) is 0 Å². The summed E-state index contributed by atoms with van der Waals surface area (Å²) >= 11 is 0. The van der Waals surface area contributed by atoms with Crippen molar-refractivity contribution in [1.82, 2.24) is 6.15 Å². The molecule has 0 aromatic rings. The van der Waals surface area contributed by atoms with Gasteiger partial charge in [0.2, 0.25) is 0 Å². The minimum absolute atomic E-state index is 0. The molecule has 0 aromatic heterocycles. The Hall–Kier alpha value is 0.270. The molecule has 0 amide bonds. The van der Waals surface area contributed by atoms with Crippen molar-refractivity contribution in [3.63, 3.8) is 0 Å². The highest BCUT2D eigenvalue weighted by Gasteiger charge is 1.72. The van der Waals surface area contributed by atoms with Crippen molar-refractivity contribution < 1.29 is 14.3 Å². The van der Waals surface area contributed by atoms with Crippen molar-refractivity contribution in [1.29, 1.82) is 0 Å². The van der Waals surface area contributed by atoms with E-state index >= 15 is 0 Å². The first-order chi connectivity index (χ1) is 3.27. The van der Waals surface area contributed by atoms with Crippen LogP contribution in [0.2, 0.25) is 0 Å². The lowest BCUT2D eigenvalue weighted by atomic mass is 10.5. The van der Waals surface area contributed by atoms with Crippen molar-refractivity contribution in [2.45, 2.75) is 13.3 Å². The second kappa shape index (κ2) is 7.27. The molecular weight excluding hydrogens is 129 g/mol. The molecule has 0 aliphatic carbocycles. The molecule has 0 atom stereocenters. The average molecular weight is 140 g/mol. The van der Waals surface area contributed by atoms with Gasteiger partial charge in [0.15, 0.2) is 0 Å². The Labute approximate surface area is 50.1 Å². The van der Waals surface area contributed by atoms with Crippen molar-refractivity contribution in [3.05, 3.63) is 0 Å². The summed E-state index contributed by atoms with van der Waals surface area (Å²) in [7, 11) is -2.61. The molecule has 0 rings (SSSR count). The van der Waals surface area contributed by atoms with Gasteiger partial charge in [0.1, 0.15) is 0 Å². The quantitative estimate of drug-likeness (QED) is 0.547. The van der Waals surface area contributed by atoms with Crippen LogP contribution in [0, 0.1) is 0 Å². The molecule has 0 heterocycles. The number of quaternary nitrogens is 1. The van der Waals surface area contributed by atoms with Crippen LogP contribution < -0.4 is 15.9 Å².